The van der Waals surface area contributed by atoms with Gasteiger partial charge in [-0.15, -0.1) is 11.8 Å². The van der Waals surface area contributed by atoms with Gasteiger partial charge in [-0.2, -0.15) is 0 Å². The Hall–Kier alpha value is -2.47. The molecule has 2 aromatic carbocycles. The zero-order chi connectivity index (χ0) is 18.5. The van der Waals surface area contributed by atoms with Crippen LogP contribution in [0.4, 0.5) is 0 Å². The summed E-state index contributed by atoms with van der Waals surface area (Å²) in [5.41, 5.74) is 1.87. The van der Waals surface area contributed by atoms with E-state index in [1.165, 1.54) is 0 Å². The summed E-state index contributed by atoms with van der Waals surface area (Å²) in [7, 11) is 4.68. The number of ketones is 1. The minimum Gasteiger partial charge on any atom is -0.493 e. The average molecular weight is 371 g/mol. The SMILES string of the molecule is COc1cc(CC(=O)C2CSC(c3ccccc3)=N2)cc(OC)c1OC. The summed E-state index contributed by atoms with van der Waals surface area (Å²) >= 11 is 1.62. The van der Waals surface area contributed by atoms with Gasteiger partial charge in [0.1, 0.15) is 6.04 Å². The molecule has 5 nitrogen and oxygen atoms in total. The Bertz CT molecular complexity index is 795. The third-order valence-electron chi connectivity index (χ3n) is 4.15. The monoisotopic (exact) mass is 371 g/mol. The van der Waals surface area contributed by atoms with E-state index >= 15 is 0 Å². The molecular weight excluding hydrogens is 350 g/mol. The van der Waals surface area contributed by atoms with Crippen molar-refractivity contribution in [2.24, 2.45) is 4.99 Å². The smallest absolute Gasteiger partial charge is 0.203 e. The molecule has 0 aliphatic carbocycles. The molecule has 1 aliphatic heterocycles. The van der Waals surface area contributed by atoms with E-state index in [1.807, 2.05) is 42.5 Å². The highest BCUT2D eigenvalue weighted by Gasteiger charge is 2.26. The molecule has 1 aliphatic rings. The van der Waals surface area contributed by atoms with Crippen LogP contribution in [0.2, 0.25) is 0 Å². The number of ether oxygens (including phenoxy) is 3. The van der Waals surface area contributed by atoms with Crippen LogP contribution in [-0.2, 0) is 11.2 Å². The number of methoxy groups -OCH3 is 3. The standard InChI is InChI=1S/C20H21NO4S/c1-23-17-10-13(11-18(24-2)19(17)25-3)9-16(22)15-12-26-20(21-15)14-7-5-4-6-8-14/h4-8,10-11,15H,9,12H2,1-3H3. The van der Waals surface area contributed by atoms with Crippen LogP contribution < -0.4 is 14.2 Å². The number of benzene rings is 2. The van der Waals surface area contributed by atoms with Crippen LogP contribution in [0.1, 0.15) is 11.1 Å². The topological polar surface area (TPSA) is 57.1 Å². The quantitative estimate of drug-likeness (QED) is 0.747. The first-order valence-electron chi connectivity index (χ1n) is 8.24. The third-order valence-corrected chi connectivity index (χ3v) is 5.24. The van der Waals surface area contributed by atoms with Crippen LogP contribution in [0.15, 0.2) is 47.5 Å². The van der Waals surface area contributed by atoms with E-state index < -0.39 is 0 Å². The van der Waals surface area contributed by atoms with Crippen molar-refractivity contribution < 1.29 is 19.0 Å². The summed E-state index contributed by atoms with van der Waals surface area (Å²) in [6.45, 7) is 0. The van der Waals surface area contributed by atoms with Crippen molar-refractivity contribution in [1.82, 2.24) is 0 Å². The number of carbonyl (C=O) groups is 1. The second-order valence-corrected chi connectivity index (χ2v) is 6.81. The van der Waals surface area contributed by atoms with E-state index in [0.29, 0.717) is 23.0 Å². The van der Waals surface area contributed by atoms with Gasteiger partial charge in [0.05, 0.1) is 26.4 Å². The van der Waals surface area contributed by atoms with Gasteiger partial charge in [0.25, 0.3) is 0 Å². The summed E-state index contributed by atoms with van der Waals surface area (Å²) in [5.74, 6) is 2.37. The fourth-order valence-corrected chi connectivity index (χ4v) is 3.91. The van der Waals surface area contributed by atoms with E-state index in [1.54, 1.807) is 33.1 Å². The Balaban J connectivity index is 1.77. The van der Waals surface area contributed by atoms with E-state index in [4.69, 9.17) is 14.2 Å². The molecule has 2 aromatic rings. The zero-order valence-electron chi connectivity index (χ0n) is 15.0. The molecule has 0 saturated heterocycles. The van der Waals surface area contributed by atoms with Gasteiger partial charge in [0.15, 0.2) is 17.3 Å². The molecule has 0 spiro atoms. The maximum atomic E-state index is 12.7. The van der Waals surface area contributed by atoms with Gasteiger partial charge in [-0.3, -0.25) is 9.79 Å². The summed E-state index contributed by atoms with van der Waals surface area (Å²) < 4.78 is 16.0. The predicted octanol–water partition coefficient (Wildman–Crippen LogP) is 3.39. The van der Waals surface area contributed by atoms with E-state index in [0.717, 1.165) is 16.2 Å². The number of aliphatic imine (C=N–C) groups is 1. The molecule has 136 valence electrons. The second-order valence-electron chi connectivity index (χ2n) is 5.80. The molecule has 0 bridgehead atoms. The normalized spacial score (nSPS) is 16.1. The highest BCUT2D eigenvalue weighted by Crippen LogP contribution is 2.38. The molecule has 0 amide bonds. The molecule has 1 unspecified atom stereocenters. The molecule has 6 heteroatoms. The lowest BCUT2D eigenvalue weighted by molar-refractivity contribution is -0.119. The average Bonchev–Trinajstić information content (AvgIpc) is 3.18. The Morgan fingerprint density at radius 2 is 1.73 bits per heavy atom. The van der Waals surface area contributed by atoms with E-state index in [-0.39, 0.29) is 18.2 Å². The molecule has 26 heavy (non-hydrogen) atoms. The first kappa shape index (κ1) is 18.3. The molecule has 1 heterocycles. The van der Waals surface area contributed by atoms with Crippen molar-refractivity contribution in [2.45, 2.75) is 12.5 Å². The maximum Gasteiger partial charge on any atom is 0.203 e. The van der Waals surface area contributed by atoms with Crippen LogP contribution in [-0.4, -0.2) is 44.0 Å². The Kier molecular flexibility index (Phi) is 5.83. The minimum atomic E-state index is -0.325. The van der Waals surface area contributed by atoms with Crippen LogP contribution in [0.5, 0.6) is 17.2 Å². The van der Waals surface area contributed by atoms with E-state index in [2.05, 4.69) is 4.99 Å². The Morgan fingerprint density at radius 1 is 1.08 bits per heavy atom. The number of hydrogen-bond acceptors (Lipinski definition) is 6. The predicted molar refractivity (Wildman–Crippen MR) is 104 cm³/mol. The lowest BCUT2D eigenvalue weighted by atomic mass is 10.0. The zero-order valence-corrected chi connectivity index (χ0v) is 15.8. The molecule has 1 atom stereocenters. The van der Waals surface area contributed by atoms with Gasteiger partial charge in [0, 0.05) is 17.7 Å². The van der Waals surface area contributed by atoms with Gasteiger partial charge >= 0.3 is 0 Å². The number of rotatable bonds is 7. The first-order chi connectivity index (χ1) is 12.7. The Morgan fingerprint density at radius 3 is 2.31 bits per heavy atom. The summed E-state index contributed by atoms with van der Waals surface area (Å²) in [6, 6.07) is 13.2. The van der Waals surface area contributed by atoms with Gasteiger partial charge in [-0.1, -0.05) is 30.3 Å². The van der Waals surface area contributed by atoms with Crippen LogP contribution >= 0.6 is 11.8 Å². The van der Waals surface area contributed by atoms with Crippen molar-refractivity contribution in [1.29, 1.82) is 0 Å². The van der Waals surface area contributed by atoms with Gasteiger partial charge in [0.2, 0.25) is 5.75 Å². The fraction of sp³-hybridized carbons (Fsp3) is 0.300. The van der Waals surface area contributed by atoms with Gasteiger partial charge in [-0.05, 0) is 17.7 Å². The lowest BCUT2D eigenvalue weighted by Gasteiger charge is -2.14. The number of Topliss-reactive ketones (excluding diaryl/α,β-unsaturated/α-hetero) is 1. The lowest BCUT2D eigenvalue weighted by Crippen LogP contribution is -2.20. The molecule has 3 rings (SSSR count). The summed E-state index contributed by atoms with van der Waals surface area (Å²) in [4.78, 5) is 17.3. The molecular formula is C20H21NO4S. The largest absolute Gasteiger partial charge is 0.493 e. The highest BCUT2D eigenvalue weighted by atomic mass is 32.2. The molecule has 0 aromatic heterocycles. The molecule has 0 fully saturated rings. The summed E-state index contributed by atoms with van der Waals surface area (Å²) in [5, 5.41) is 0.925. The number of carbonyl (C=O) groups excluding carboxylic acids is 1. The van der Waals surface area contributed by atoms with Gasteiger partial charge in [-0.25, -0.2) is 0 Å². The van der Waals surface area contributed by atoms with Crippen molar-refractivity contribution in [3.63, 3.8) is 0 Å². The fourth-order valence-electron chi connectivity index (χ4n) is 2.83. The van der Waals surface area contributed by atoms with Crippen molar-refractivity contribution in [3.8, 4) is 17.2 Å². The third kappa shape index (κ3) is 3.85. The van der Waals surface area contributed by atoms with Crippen LogP contribution in [0, 0.1) is 0 Å². The summed E-state index contributed by atoms with van der Waals surface area (Å²) in [6.07, 6.45) is 0.271. The number of hydrogen-bond donors (Lipinski definition) is 0. The highest BCUT2D eigenvalue weighted by molar-refractivity contribution is 8.14. The van der Waals surface area contributed by atoms with Gasteiger partial charge < -0.3 is 14.2 Å². The second kappa shape index (κ2) is 8.27. The minimum absolute atomic E-state index is 0.0812. The first-order valence-corrected chi connectivity index (χ1v) is 9.22. The van der Waals surface area contributed by atoms with Crippen molar-refractivity contribution >= 4 is 22.6 Å². The van der Waals surface area contributed by atoms with Crippen LogP contribution in [0.25, 0.3) is 0 Å². The van der Waals surface area contributed by atoms with Crippen molar-refractivity contribution in [3.05, 3.63) is 53.6 Å². The van der Waals surface area contributed by atoms with Crippen molar-refractivity contribution in [2.75, 3.05) is 27.1 Å². The van der Waals surface area contributed by atoms with Crippen LogP contribution in [0.3, 0.4) is 0 Å². The molecule has 0 N–H and O–H groups in total. The number of thioether (sulfide) groups is 1. The molecule has 0 radical (unpaired) electrons. The Labute approximate surface area is 157 Å². The number of nitrogens with zero attached hydrogens (tertiary/aromatic N) is 1. The maximum absolute atomic E-state index is 12.7. The van der Waals surface area contributed by atoms with E-state index in [9.17, 15) is 4.79 Å². The molecule has 0 saturated carbocycles.